The molecule has 1 aliphatic rings. The Labute approximate surface area is 200 Å². The minimum atomic E-state index is -0.810. The Bertz CT molecular complexity index is 976. The van der Waals surface area contributed by atoms with Gasteiger partial charge in [0, 0.05) is 12.0 Å². The third-order valence-electron chi connectivity index (χ3n) is 6.45. The second-order valence-electron chi connectivity index (χ2n) is 9.01. The van der Waals surface area contributed by atoms with Gasteiger partial charge in [0.25, 0.3) is 0 Å². The van der Waals surface area contributed by atoms with E-state index in [1.165, 1.54) is 0 Å². The van der Waals surface area contributed by atoms with Crippen LogP contribution in [-0.2, 0) is 14.3 Å². The molecule has 0 radical (unpaired) electrons. The number of amides is 2. The molecule has 3 N–H and O–H groups in total. The molecule has 0 heterocycles. The summed E-state index contributed by atoms with van der Waals surface area (Å²) in [6.45, 7) is 5.57. The van der Waals surface area contributed by atoms with Gasteiger partial charge in [-0.25, -0.2) is 4.79 Å². The summed E-state index contributed by atoms with van der Waals surface area (Å²) >= 11 is 0. The minimum Gasteiger partial charge on any atom is -0.481 e. The summed E-state index contributed by atoms with van der Waals surface area (Å²) in [5, 5.41) is 14.6. The number of carboxylic acids is 1. The molecule has 7 heteroatoms. The van der Waals surface area contributed by atoms with Crippen molar-refractivity contribution >= 4 is 18.0 Å². The van der Waals surface area contributed by atoms with Crippen LogP contribution in [0.5, 0.6) is 0 Å². The van der Waals surface area contributed by atoms with E-state index in [1.54, 1.807) is 6.92 Å². The lowest BCUT2D eigenvalue weighted by atomic mass is 9.98. The topological polar surface area (TPSA) is 105 Å². The molecule has 0 fully saturated rings. The number of fused-ring (bicyclic) bond motifs is 3. The van der Waals surface area contributed by atoms with Crippen LogP contribution in [0, 0.1) is 5.92 Å². The van der Waals surface area contributed by atoms with Gasteiger partial charge in [0.2, 0.25) is 5.91 Å². The zero-order valence-electron chi connectivity index (χ0n) is 20.0. The van der Waals surface area contributed by atoms with Crippen LogP contribution in [0.3, 0.4) is 0 Å². The van der Waals surface area contributed by atoms with Crippen LogP contribution in [-0.4, -0.2) is 41.8 Å². The molecule has 182 valence electrons. The van der Waals surface area contributed by atoms with E-state index in [2.05, 4.69) is 34.9 Å². The van der Waals surface area contributed by atoms with Crippen LogP contribution < -0.4 is 10.6 Å². The first-order valence-corrected chi connectivity index (χ1v) is 12.0. The van der Waals surface area contributed by atoms with Gasteiger partial charge in [0.05, 0.1) is 5.92 Å². The summed E-state index contributed by atoms with van der Waals surface area (Å²) in [6, 6.07) is 15.4. The molecule has 2 amide bonds. The van der Waals surface area contributed by atoms with Crippen LogP contribution >= 0.6 is 0 Å². The van der Waals surface area contributed by atoms with Crippen LogP contribution in [0.15, 0.2) is 48.5 Å². The highest BCUT2D eigenvalue weighted by atomic mass is 16.5. The molecule has 34 heavy (non-hydrogen) atoms. The normalized spacial score (nSPS) is 14.9. The van der Waals surface area contributed by atoms with Crippen molar-refractivity contribution in [1.82, 2.24) is 10.6 Å². The van der Waals surface area contributed by atoms with Crippen molar-refractivity contribution in [2.75, 3.05) is 6.61 Å². The summed E-state index contributed by atoms with van der Waals surface area (Å²) in [7, 11) is 0. The molecular formula is C27H34N2O5. The molecule has 2 aromatic carbocycles. The van der Waals surface area contributed by atoms with Gasteiger partial charge in [-0.3, -0.25) is 9.59 Å². The van der Waals surface area contributed by atoms with Gasteiger partial charge < -0.3 is 20.5 Å². The standard InChI is InChI=1S/C27H34N2O5/c1-4-24(25(30)28-18(3)11-9-10-17(2)26(31)32)29-27(33)34-16-23-21-14-7-5-12-19(21)20-13-6-8-15-22(20)23/h5-8,12-15,17-18,23-24H,4,9-11,16H2,1-3H3,(H,28,30)(H,29,33)(H,31,32)/t17?,18?,24-/m1/s1. The van der Waals surface area contributed by atoms with Crippen LogP contribution in [0.2, 0.25) is 0 Å². The fraction of sp³-hybridized carbons (Fsp3) is 0.444. The molecule has 7 nitrogen and oxygen atoms in total. The highest BCUT2D eigenvalue weighted by molar-refractivity contribution is 5.86. The van der Waals surface area contributed by atoms with E-state index in [1.807, 2.05) is 38.1 Å². The van der Waals surface area contributed by atoms with Crippen LogP contribution in [0.4, 0.5) is 4.79 Å². The van der Waals surface area contributed by atoms with E-state index in [-0.39, 0.29) is 24.5 Å². The van der Waals surface area contributed by atoms with Crippen molar-refractivity contribution in [1.29, 1.82) is 0 Å². The molecule has 2 aromatic rings. The average molecular weight is 467 g/mol. The van der Waals surface area contributed by atoms with Crippen molar-refractivity contribution in [3.8, 4) is 11.1 Å². The number of nitrogens with one attached hydrogen (secondary N) is 2. The molecule has 2 unspecified atom stereocenters. The SMILES string of the molecule is CC[C@@H](NC(=O)OCC1c2ccccc2-c2ccccc21)C(=O)NC(C)CCCC(C)C(=O)O. The Morgan fingerprint density at radius 3 is 2.09 bits per heavy atom. The highest BCUT2D eigenvalue weighted by Crippen LogP contribution is 2.44. The Morgan fingerprint density at radius 1 is 0.941 bits per heavy atom. The second kappa shape index (κ2) is 11.7. The Morgan fingerprint density at radius 2 is 1.53 bits per heavy atom. The number of hydrogen-bond donors (Lipinski definition) is 3. The molecule has 0 spiro atoms. The first-order valence-electron chi connectivity index (χ1n) is 12.0. The largest absolute Gasteiger partial charge is 0.481 e. The molecule has 0 aromatic heterocycles. The number of rotatable bonds is 11. The van der Waals surface area contributed by atoms with Gasteiger partial charge in [0.15, 0.2) is 0 Å². The number of carbonyl (C=O) groups excluding carboxylic acids is 2. The fourth-order valence-corrected chi connectivity index (χ4v) is 4.40. The van der Waals surface area contributed by atoms with E-state index in [9.17, 15) is 14.4 Å². The predicted octanol–water partition coefficient (Wildman–Crippen LogP) is 4.70. The van der Waals surface area contributed by atoms with E-state index < -0.39 is 24.0 Å². The van der Waals surface area contributed by atoms with Gasteiger partial charge >= 0.3 is 12.1 Å². The van der Waals surface area contributed by atoms with E-state index in [0.29, 0.717) is 25.7 Å². The highest BCUT2D eigenvalue weighted by Gasteiger charge is 2.29. The van der Waals surface area contributed by atoms with E-state index in [0.717, 1.165) is 22.3 Å². The molecule has 0 saturated heterocycles. The first kappa shape index (κ1) is 25.3. The number of aliphatic carboxylic acids is 1. The molecule has 3 rings (SSSR count). The quantitative estimate of drug-likeness (QED) is 0.445. The first-order chi connectivity index (χ1) is 16.3. The molecule has 3 atom stereocenters. The second-order valence-corrected chi connectivity index (χ2v) is 9.01. The lowest BCUT2D eigenvalue weighted by Gasteiger charge is -2.21. The van der Waals surface area contributed by atoms with Gasteiger partial charge in [-0.2, -0.15) is 0 Å². The lowest BCUT2D eigenvalue weighted by Crippen LogP contribution is -2.49. The summed E-state index contributed by atoms with van der Waals surface area (Å²) in [5.74, 6) is -1.52. The van der Waals surface area contributed by atoms with Gasteiger partial charge in [0.1, 0.15) is 12.6 Å². The van der Waals surface area contributed by atoms with Crippen molar-refractivity contribution in [3.63, 3.8) is 0 Å². The molecule has 0 bridgehead atoms. The van der Waals surface area contributed by atoms with E-state index >= 15 is 0 Å². The monoisotopic (exact) mass is 466 g/mol. The van der Waals surface area contributed by atoms with E-state index in [4.69, 9.17) is 9.84 Å². The van der Waals surface area contributed by atoms with Crippen molar-refractivity contribution in [2.24, 2.45) is 5.92 Å². The smallest absolute Gasteiger partial charge is 0.407 e. The zero-order chi connectivity index (χ0) is 24.7. The lowest BCUT2D eigenvalue weighted by molar-refractivity contribution is -0.141. The molecule has 0 saturated carbocycles. The summed E-state index contributed by atoms with van der Waals surface area (Å²) in [4.78, 5) is 36.1. The Balaban J connectivity index is 1.50. The van der Waals surface area contributed by atoms with Crippen molar-refractivity contribution in [3.05, 3.63) is 59.7 Å². The maximum atomic E-state index is 12.6. The number of hydrogen-bond acceptors (Lipinski definition) is 4. The van der Waals surface area contributed by atoms with Crippen molar-refractivity contribution in [2.45, 2.75) is 64.5 Å². The minimum absolute atomic E-state index is 0.0414. The summed E-state index contributed by atoms with van der Waals surface area (Å²) in [6.07, 6.45) is 1.74. The number of carbonyl (C=O) groups is 3. The van der Waals surface area contributed by atoms with Crippen LogP contribution in [0.1, 0.15) is 63.5 Å². The molecular weight excluding hydrogens is 432 g/mol. The number of carboxylic acid groups (broad SMARTS) is 1. The number of ether oxygens (including phenoxy) is 1. The van der Waals surface area contributed by atoms with Gasteiger partial charge in [-0.15, -0.1) is 0 Å². The van der Waals surface area contributed by atoms with Crippen molar-refractivity contribution < 1.29 is 24.2 Å². The van der Waals surface area contributed by atoms with Gasteiger partial charge in [-0.05, 0) is 48.4 Å². The van der Waals surface area contributed by atoms with Crippen LogP contribution in [0.25, 0.3) is 11.1 Å². The maximum Gasteiger partial charge on any atom is 0.407 e. The number of benzene rings is 2. The molecule has 1 aliphatic carbocycles. The number of alkyl carbamates (subject to hydrolysis) is 1. The van der Waals surface area contributed by atoms with Gasteiger partial charge in [-0.1, -0.05) is 68.8 Å². The predicted molar refractivity (Wildman–Crippen MR) is 131 cm³/mol. The third kappa shape index (κ3) is 6.16. The maximum absolute atomic E-state index is 12.6. The summed E-state index contributed by atoms with van der Waals surface area (Å²) < 4.78 is 5.56. The molecule has 0 aliphatic heterocycles. The zero-order valence-corrected chi connectivity index (χ0v) is 20.0. The fourth-order valence-electron chi connectivity index (χ4n) is 4.40. The third-order valence-corrected chi connectivity index (χ3v) is 6.45. The Kier molecular flexibility index (Phi) is 8.68. The summed E-state index contributed by atoms with van der Waals surface area (Å²) in [5.41, 5.74) is 4.58. The average Bonchev–Trinajstić information content (AvgIpc) is 3.14. The Hall–Kier alpha value is -3.35.